The van der Waals surface area contributed by atoms with E-state index in [9.17, 15) is 23.6 Å². The van der Waals surface area contributed by atoms with Crippen molar-refractivity contribution in [3.8, 4) is 0 Å². The van der Waals surface area contributed by atoms with Crippen LogP contribution in [-0.4, -0.2) is 39.7 Å². The Labute approximate surface area is 218 Å². The van der Waals surface area contributed by atoms with Crippen LogP contribution >= 0.6 is 22.9 Å². The number of imide groups is 1. The lowest BCUT2D eigenvalue weighted by atomic mass is 10.0. The molecular formula is C24H20ClF2N5O4S. The molecule has 9 nitrogen and oxygen atoms in total. The van der Waals surface area contributed by atoms with Crippen molar-refractivity contribution in [2.75, 3.05) is 5.32 Å². The van der Waals surface area contributed by atoms with Crippen molar-refractivity contribution in [2.45, 2.75) is 44.8 Å². The number of benzene rings is 2. The first kappa shape index (κ1) is 25.0. The highest BCUT2D eigenvalue weighted by atomic mass is 35.5. The van der Waals surface area contributed by atoms with Gasteiger partial charge in [-0.3, -0.25) is 19.7 Å². The molecule has 3 aromatic rings. The fourth-order valence-electron chi connectivity index (χ4n) is 4.39. The number of piperidine rings is 1. The molecule has 0 bridgehead atoms. The van der Waals surface area contributed by atoms with E-state index in [4.69, 9.17) is 11.6 Å². The molecule has 3 heterocycles. The number of hydrogen-bond acceptors (Lipinski definition) is 6. The number of rotatable bonds is 4. The molecule has 2 aliphatic rings. The van der Waals surface area contributed by atoms with E-state index in [0.717, 1.165) is 11.3 Å². The Hall–Kier alpha value is -3.64. The molecule has 3 N–H and O–H groups in total. The number of carbonyl (C=O) groups is 4. The van der Waals surface area contributed by atoms with E-state index < -0.39 is 47.0 Å². The predicted molar refractivity (Wildman–Crippen MR) is 132 cm³/mol. The first-order valence-electron chi connectivity index (χ1n) is 11.3. The van der Waals surface area contributed by atoms with Crippen molar-refractivity contribution in [1.29, 1.82) is 0 Å². The quantitative estimate of drug-likeness (QED) is 0.426. The van der Waals surface area contributed by atoms with Crippen LogP contribution < -0.4 is 16.0 Å². The Morgan fingerprint density at radius 2 is 1.95 bits per heavy atom. The number of fused-ring (bicyclic) bond motifs is 2. The highest BCUT2D eigenvalue weighted by molar-refractivity contribution is 7.18. The third kappa shape index (κ3) is 4.40. The summed E-state index contributed by atoms with van der Waals surface area (Å²) in [5.74, 6) is -2.94. The zero-order valence-electron chi connectivity index (χ0n) is 19.6. The fraction of sp³-hybridized carbons (Fsp3) is 0.292. The molecule has 1 atom stereocenters. The summed E-state index contributed by atoms with van der Waals surface area (Å²) in [6, 6.07) is 4.00. The number of nitrogens with one attached hydrogen (secondary N) is 3. The second kappa shape index (κ2) is 9.03. The SMILES string of the molecule is CC(C)(NC(=O)Nc1ccc2c(c1F)CN(C1CCC(=O)NC1=O)C2=O)c1nc2ccc(Cl)c(F)c2s1. The van der Waals surface area contributed by atoms with Gasteiger partial charge >= 0.3 is 6.03 Å². The predicted octanol–water partition coefficient (Wildman–Crippen LogP) is 4.05. The number of nitrogens with zero attached hydrogens (tertiary/aromatic N) is 2. The molecule has 2 aromatic carbocycles. The second-order valence-corrected chi connectivity index (χ2v) is 10.7. The summed E-state index contributed by atoms with van der Waals surface area (Å²) in [7, 11) is 0. The maximum atomic E-state index is 15.3. The summed E-state index contributed by atoms with van der Waals surface area (Å²) in [6.45, 7) is 3.16. The van der Waals surface area contributed by atoms with Crippen LogP contribution in [0, 0.1) is 11.6 Å². The monoisotopic (exact) mass is 547 g/mol. The molecule has 5 rings (SSSR count). The zero-order chi connectivity index (χ0) is 26.6. The van der Waals surface area contributed by atoms with E-state index in [1.807, 2.05) is 0 Å². The lowest BCUT2D eigenvalue weighted by Crippen LogP contribution is -2.52. The van der Waals surface area contributed by atoms with E-state index in [0.29, 0.717) is 10.5 Å². The second-order valence-electron chi connectivity index (χ2n) is 9.29. The van der Waals surface area contributed by atoms with Gasteiger partial charge in [-0.25, -0.2) is 18.6 Å². The number of thiazole rings is 1. The molecule has 13 heteroatoms. The van der Waals surface area contributed by atoms with Gasteiger partial charge in [0.15, 0.2) is 11.6 Å². The van der Waals surface area contributed by atoms with Crippen molar-refractivity contribution in [3.63, 3.8) is 0 Å². The normalized spacial score (nSPS) is 17.7. The van der Waals surface area contributed by atoms with Gasteiger partial charge < -0.3 is 15.5 Å². The van der Waals surface area contributed by atoms with Crippen molar-refractivity contribution in [1.82, 2.24) is 20.5 Å². The average molecular weight is 548 g/mol. The molecule has 1 saturated heterocycles. The maximum absolute atomic E-state index is 15.3. The summed E-state index contributed by atoms with van der Waals surface area (Å²) in [5.41, 5.74) is -0.675. The molecule has 5 amide bonds. The van der Waals surface area contributed by atoms with Crippen LogP contribution in [-0.2, 0) is 21.7 Å². The van der Waals surface area contributed by atoms with Gasteiger partial charge in [0.05, 0.1) is 33.0 Å². The van der Waals surface area contributed by atoms with Gasteiger partial charge in [0.2, 0.25) is 11.8 Å². The Kier molecular flexibility index (Phi) is 6.11. The van der Waals surface area contributed by atoms with E-state index >= 15 is 4.39 Å². The van der Waals surface area contributed by atoms with Crippen LogP contribution in [0.3, 0.4) is 0 Å². The van der Waals surface area contributed by atoms with Gasteiger partial charge in [0.1, 0.15) is 11.0 Å². The summed E-state index contributed by atoms with van der Waals surface area (Å²) >= 11 is 6.89. The van der Waals surface area contributed by atoms with E-state index in [1.165, 1.54) is 23.1 Å². The number of aromatic nitrogens is 1. The molecule has 37 heavy (non-hydrogen) atoms. The minimum Gasteiger partial charge on any atom is -0.326 e. The lowest BCUT2D eigenvalue weighted by molar-refractivity contribution is -0.136. The lowest BCUT2D eigenvalue weighted by Gasteiger charge is -2.29. The number of anilines is 1. The fourth-order valence-corrected chi connectivity index (χ4v) is 5.67. The molecule has 0 aliphatic carbocycles. The number of hydrogen-bond donors (Lipinski definition) is 3. The maximum Gasteiger partial charge on any atom is 0.320 e. The third-order valence-corrected chi connectivity index (χ3v) is 7.99. The summed E-state index contributed by atoms with van der Waals surface area (Å²) in [4.78, 5) is 54.9. The molecule has 2 aliphatic heterocycles. The van der Waals surface area contributed by atoms with Gasteiger partial charge in [-0.05, 0) is 44.5 Å². The Bertz CT molecular complexity index is 1510. The zero-order valence-corrected chi connectivity index (χ0v) is 21.2. The summed E-state index contributed by atoms with van der Waals surface area (Å²) in [6.07, 6.45) is 0.229. The van der Waals surface area contributed by atoms with Crippen LogP contribution in [0.5, 0.6) is 0 Å². The summed E-state index contributed by atoms with van der Waals surface area (Å²) in [5, 5.41) is 7.72. The van der Waals surface area contributed by atoms with Crippen molar-refractivity contribution >= 4 is 62.6 Å². The highest BCUT2D eigenvalue weighted by Crippen LogP contribution is 2.35. The number of urea groups is 1. The van der Waals surface area contributed by atoms with Crippen molar-refractivity contribution in [3.05, 3.63) is 57.1 Å². The first-order valence-corrected chi connectivity index (χ1v) is 12.5. The summed E-state index contributed by atoms with van der Waals surface area (Å²) < 4.78 is 29.9. The van der Waals surface area contributed by atoms with Gasteiger partial charge in [0, 0.05) is 17.5 Å². The number of carbonyl (C=O) groups excluding carboxylic acids is 4. The Morgan fingerprint density at radius 3 is 2.68 bits per heavy atom. The highest BCUT2D eigenvalue weighted by Gasteiger charge is 2.40. The minimum atomic E-state index is -1.04. The number of halogens is 3. The van der Waals surface area contributed by atoms with Gasteiger partial charge in [-0.1, -0.05) is 11.6 Å². The first-order chi connectivity index (χ1) is 17.5. The van der Waals surface area contributed by atoms with E-state index in [-0.39, 0.29) is 45.9 Å². The smallest absolute Gasteiger partial charge is 0.320 e. The molecule has 1 unspecified atom stereocenters. The van der Waals surface area contributed by atoms with Crippen LogP contribution in [0.4, 0.5) is 19.3 Å². The molecule has 192 valence electrons. The van der Waals surface area contributed by atoms with Crippen molar-refractivity contribution in [2.24, 2.45) is 0 Å². The van der Waals surface area contributed by atoms with Gasteiger partial charge in [-0.2, -0.15) is 0 Å². The molecular weight excluding hydrogens is 528 g/mol. The molecule has 1 fully saturated rings. The molecule has 0 radical (unpaired) electrons. The Morgan fingerprint density at radius 1 is 1.19 bits per heavy atom. The van der Waals surface area contributed by atoms with E-state index in [1.54, 1.807) is 19.9 Å². The third-order valence-electron chi connectivity index (χ3n) is 6.31. The molecule has 0 saturated carbocycles. The Balaban J connectivity index is 1.32. The van der Waals surface area contributed by atoms with Gasteiger partial charge in [-0.15, -0.1) is 11.3 Å². The van der Waals surface area contributed by atoms with Crippen molar-refractivity contribution < 1.29 is 28.0 Å². The van der Waals surface area contributed by atoms with Crippen LogP contribution in [0.1, 0.15) is 47.6 Å². The molecule has 0 spiro atoms. The number of amides is 5. The van der Waals surface area contributed by atoms with Crippen LogP contribution in [0.25, 0.3) is 10.2 Å². The standard InChI is InChI=1S/C24H20ClF2N5O4S/c1-24(2,22-28-14-6-4-12(25)18(27)19(14)37-22)31-23(36)29-13-5-3-10-11(17(13)26)9-32(21(10)35)15-7-8-16(33)30-20(15)34/h3-6,15H,7-9H2,1-2H3,(H2,29,31,36)(H,30,33,34). The van der Waals surface area contributed by atoms with Crippen LogP contribution in [0.15, 0.2) is 24.3 Å². The average Bonchev–Trinajstić information content (AvgIpc) is 3.41. The topological polar surface area (TPSA) is 120 Å². The minimum absolute atomic E-state index is 0.0343. The molecule has 1 aromatic heterocycles. The van der Waals surface area contributed by atoms with Crippen LogP contribution in [0.2, 0.25) is 5.02 Å². The van der Waals surface area contributed by atoms with Gasteiger partial charge in [0.25, 0.3) is 5.91 Å². The van der Waals surface area contributed by atoms with E-state index in [2.05, 4.69) is 20.9 Å². The largest absolute Gasteiger partial charge is 0.326 e.